The molecule has 7 nitrogen and oxygen atoms in total. The van der Waals surface area contributed by atoms with Crippen molar-refractivity contribution >= 4 is 62.3 Å². The summed E-state index contributed by atoms with van der Waals surface area (Å²) in [5, 5.41) is 3.97. The first-order valence-corrected chi connectivity index (χ1v) is 17.6. The van der Waals surface area contributed by atoms with Crippen LogP contribution in [0.1, 0.15) is 36.8 Å². The summed E-state index contributed by atoms with van der Waals surface area (Å²) in [7, 11) is -4.30. The maximum Gasteiger partial charge on any atom is 0.264 e. The number of halogens is 3. The minimum absolute atomic E-state index is 0.00844. The first-order chi connectivity index (χ1) is 22.1. The van der Waals surface area contributed by atoms with Crippen molar-refractivity contribution in [2.24, 2.45) is 0 Å². The predicted octanol–water partition coefficient (Wildman–Crippen LogP) is 7.54. The Labute approximate surface area is 285 Å². The fourth-order valence-corrected chi connectivity index (χ4v) is 7.76. The van der Waals surface area contributed by atoms with Crippen molar-refractivity contribution in [3.05, 3.63) is 129 Å². The zero-order chi connectivity index (χ0) is 32.7. The third-order valence-electron chi connectivity index (χ3n) is 8.00. The first-order valence-electron chi connectivity index (χ1n) is 15.0. The van der Waals surface area contributed by atoms with Crippen LogP contribution < -0.4 is 9.62 Å². The molecule has 5 rings (SSSR count). The van der Waals surface area contributed by atoms with Crippen LogP contribution in [0.3, 0.4) is 0 Å². The number of nitrogens with zero attached hydrogens (tertiary/aromatic N) is 2. The van der Waals surface area contributed by atoms with Crippen LogP contribution in [-0.2, 0) is 32.6 Å². The van der Waals surface area contributed by atoms with Crippen LogP contribution in [-0.4, -0.2) is 43.8 Å². The van der Waals surface area contributed by atoms with Gasteiger partial charge < -0.3 is 10.2 Å². The molecule has 1 aliphatic rings. The Morgan fingerprint density at radius 3 is 2.09 bits per heavy atom. The molecule has 46 heavy (non-hydrogen) atoms. The van der Waals surface area contributed by atoms with Gasteiger partial charge in [0.25, 0.3) is 10.0 Å². The maximum atomic E-state index is 14.6. The van der Waals surface area contributed by atoms with Gasteiger partial charge in [-0.15, -0.1) is 0 Å². The Hall–Kier alpha value is -3.56. The van der Waals surface area contributed by atoms with E-state index in [4.69, 9.17) is 34.8 Å². The van der Waals surface area contributed by atoms with Gasteiger partial charge in [0.15, 0.2) is 0 Å². The van der Waals surface area contributed by atoms with Gasteiger partial charge in [-0.05, 0) is 66.4 Å². The molecule has 0 radical (unpaired) electrons. The summed E-state index contributed by atoms with van der Waals surface area (Å²) in [4.78, 5) is 30.1. The van der Waals surface area contributed by atoms with Gasteiger partial charge in [-0.1, -0.05) is 108 Å². The highest BCUT2D eigenvalue weighted by Crippen LogP contribution is 2.33. The van der Waals surface area contributed by atoms with Crippen LogP contribution in [0.4, 0.5) is 5.69 Å². The summed E-state index contributed by atoms with van der Waals surface area (Å²) in [6, 6.07) is 27.7. The van der Waals surface area contributed by atoms with Crippen molar-refractivity contribution in [2.75, 3.05) is 10.8 Å². The van der Waals surface area contributed by atoms with Crippen molar-refractivity contribution < 1.29 is 18.0 Å². The van der Waals surface area contributed by atoms with E-state index in [1.54, 1.807) is 36.4 Å². The van der Waals surface area contributed by atoms with Crippen molar-refractivity contribution in [1.29, 1.82) is 0 Å². The fraction of sp³-hybridized carbons (Fsp3) is 0.257. The topological polar surface area (TPSA) is 86.8 Å². The van der Waals surface area contributed by atoms with E-state index in [1.807, 2.05) is 36.4 Å². The summed E-state index contributed by atoms with van der Waals surface area (Å²) >= 11 is 19.2. The largest absolute Gasteiger partial charge is 0.352 e. The standard InChI is InChI=1S/C35H34Cl3N3O4S/c36-27-13-9-12-26(20-27)23-40(33(21-25-10-3-1-4-11-25)35(43)39-29-14-7-8-15-29)34(42)24-41(32-22-28(37)18-19-31(32)38)46(44,45)30-16-5-2-6-17-30/h1-6,9-13,16-20,22,29,33H,7-8,14-15,21,23-24H2,(H,39,43)/t33-/m1/s1. The zero-order valence-corrected chi connectivity index (χ0v) is 28.1. The zero-order valence-electron chi connectivity index (χ0n) is 25.0. The number of benzene rings is 4. The quantitative estimate of drug-likeness (QED) is 0.166. The third-order valence-corrected chi connectivity index (χ3v) is 10.6. The van der Waals surface area contributed by atoms with E-state index >= 15 is 0 Å². The average Bonchev–Trinajstić information content (AvgIpc) is 3.56. The van der Waals surface area contributed by atoms with Crippen LogP contribution in [0.15, 0.2) is 108 Å². The highest BCUT2D eigenvalue weighted by atomic mass is 35.5. The lowest BCUT2D eigenvalue weighted by Gasteiger charge is -2.34. The number of amides is 2. The van der Waals surface area contributed by atoms with Crippen LogP contribution in [0, 0.1) is 0 Å². The Balaban J connectivity index is 1.58. The molecule has 240 valence electrons. The van der Waals surface area contributed by atoms with Gasteiger partial charge in [0.05, 0.1) is 15.6 Å². The van der Waals surface area contributed by atoms with Crippen LogP contribution in [0.25, 0.3) is 0 Å². The lowest BCUT2D eigenvalue weighted by atomic mass is 10.0. The minimum Gasteiger partial charge on any atom is -0.352 e. The van der Waals surface area contributed by atoms with Gasteiger partial charge in [0.1, 0.15) is 12.6 Å². The number of carbonyl (C=O) groups excluding carboxylic acids is 2. The smallest absolute Gasteiger partial charge is 0.264 e. The monoisotopic (exact) mass is 697 g/mol. The molecule has 1 fully saturated rings. The van der Waals surface area contributed by atoms with Gasteiger partial charge in [-0.3, -0.25) is 13.9 Å². The fourth-order valence-electron chi connectivity index (χ4n) is 5.66. The summed E-state index contributed by atoms with van der Waals surface area (Å²) in [5.74, 6) is -0.901. The Morgan fingerprint density at radius 2 is 1.41 bits per heavy atom. The molecule has 0 heterocycles. The maximum absolute atomic E-state index is 14.6. The lowest BCUT2D eigenvalue weighted by molar-refractivity contribution is -0.140. The van der Waals surface area contributed by atoms with E-state index in [-0.39, 0.29) is 45.5 Å². The average molecular weight is 699 g/mol. The molecule has 0 bridgehead atoms. The second kappa shape index (κ2) is 15.4. The number of hydrogen-bond acceptors (Lipinski definition) is 4. The molecule has 2 amide bonds. The SMILES string of the molecule is O=C(NC1CCCC1)[C@@H](Cc1ccccc1)N(Cc1cccc(Cl)c1)C(=O)CN(c1cc(Cl)ccc1Cl)S(=O)(=O)c1ccccc1. The summed E-state index contributed by atoms with van der Waals surface area (Å²) < 4.78 is 29.2. The second-order valence-corrected chi connectivity index (χ2v) is 14.4. The molecule has 0 spiro atoms. The summed E-state index contributed by atoms with van der Waals surface area (Å²) in [6.07, 6.45) is 3.98. The molecule has 4 aromatic carbocycles. The molecule has 4 aromatic rings. The minimum atomic E-state index is -4.30. The molecule has 1 saturated carbocycles. The molecule has 1 aliphatic carbocycles. The number of nitrogens with one attached hydrogen (secondary N) is 1. The van der Waals surface area contributed by atoms with Crippen molar-refractivity contribution in [2.45, 2.75) is 55.6 Å². The van der Waals surface area contributed by atoms with E-state index in [0.717, 1.165) is 35.6 Å². The van der Waals surface area contributed by atoms with Crippen LogP contribution >= 0.6 is 34.8 Å². The number of hydrogen-bond donors (Lipinski definition) is 1. The van der Waals surface area contributed by atoms with Gasteiger partial charge >= 0.3 is 0 Å². The summed E-state index contributed by atoms with van der Waals surface area (Å²) in [6.45, 7) is -0.628. The summed E-state index contributed by atoms with van der Waals surface area (Å²) in [5.41, 5.74) is 1.58. The molecule has 0 saturated heterocycles. The van der Waals surface area contributed by atoms with E-state index < -0.39 is 28.5 Å². The lowest BCUT2D eigenvalue weighted by Crippen LogP contribution is -2.54. The van der Waals surface area contributed by atoms with Gasteiger partial charge in [-0.25, -0.2) is 8.42 Å². The van der Waals surface area contributed by atoms with E-state index in [0.29, 0.717) is 10.6 Å². The van der Waals surface area contributed by atoms with Crippen molar-refractivity contribution in [3.63, 3.8) is 0 Å². The number of anilines is 1. The van der Waals surface area contributed by atoms with Gasteiger partial charge in [-0.2, -0.15) is 0 Å². The Bertz CT molecular complexity index is 1770. The van der Waals surface area contributed by atoms with Crippen LogP contribution in [0.5, 0.6) is 0 Å². The molecule has 0 unspecified atom stereocenters. The predicted molar refractivity (Wildman–Crippen MR) is 184 cm³/mol. The molecular formula is C35H34Cl3N3O4S. The number of rotatable bonds is 12. The van der Waals surface area contributed by atoms with E-state index in [1.165, 1.54) is 35.2 Å². The molecule has 11 heteroatoms. The number of sulfonamides is 1. The van der Waals surface area contributed by atoms with E-state index in [2.05, 4.69) is 5.32 Å². The Kier molecular flexibility index (Phi) is 11.3. The van der Waals surface area contributed by atoms with Crippen molar-refractivity contribution in [1.82, 2.24) is 10.2 Å². The van der Waals surface area contributed by atoms with Gasteiger partial charge in [0.2, 0.25) is 11.8 Å². The molecular weight excluding hydrogens is 665 g/mol. The highest BCUT2D eigenvalue weighted by molar-refractivity contribution is 7.92. The van der Waals surface area contributed by atoms with Crippen LogP contribution in [0.2, 0.25) is 15.1 Å². The molecule has 0 aromatic heterocycles. The molecule has 0 aliphatic heterocycles. The third kappa shape index (κ3) is 8.42. The highest BCUT2D eigenvalue weighted by Gasteiger charge is 2.36. The second-order valence-electron chi connectivity index (χ2n) is 11.3. The molecule has 1 N–H and O–H groups in total. The van der Waals surface area contributed by atoms with E-state index in [9.17, 15) is 18.0 Å². The number of carbonyl (C=O) groups is 2. The first kappa shape index (κ1) is 33.8. The normalized spacial score (nSPS) is 14.1. The van der Waals surface area contributed by atoms with Crippen molar-refractivity contribution in [3.8, 4) is 0 Å². The van der Waals surface area contributed by atoms with Gasteiger partial charge in [0, 0.05) is 29.1 Å². The Morgan fingerprint density at radius 1 is 0.783 bits per heavy atom. The molecule has 1 atom stereocenters.